The Morgan fingerprint density at radius 1 is 1.18 bits per heavy atom. The third kappa shape index (κ3) is 3.88. The standard InChI is InChI=1S/C26H26N4O3S/c1-26(2)19-11-17(9-10-21(19)29(3)24(26)33)20-15-34-25(27-20)28-23(32)18-12-22(31)30(14-18)13-16-7-5-4-6-8-16/h4-11,15,18H,12-14H2,1-3H3,(H,27,28,32). The number of nitrogens with zero attached hydrogens (tertiary/aromatic N) is 3. The van der Waals surface area contributed by atoms with Gasteiger partial charge in [-0.25, -0.2) is 4.98 Å². The number of hydrogen-bond donors (Lipinski definition) is 1. The molecule has 0 saturated carbocycles. The molecule has 3 heterocycles. The Bertz CT molecular complexity index is 1280. The first-order chi connectivity index (χ1) is 16.2. The molecule has 1 N–H and O–H groups in total. The predicted molar refractivity (Wildman–Crippen MR) is 133 cm³/mol. The van der Waals surface area contributed by atoms with E-state index in [1.165, 1.54) is 11.3 Å². The van der Waals surface area contributed by atoms with Crippen LogP contribution in [0.1, 0.15) is 31.4 Å². The molecule has 1 aromatic heterocycles. The van der Waals surface area contributed by atoms with Crippen LogP contribution in [0.5, 0.6) is 0 Å². The molecule has 1 atom stereocenters. The lowest BCUT2D eigenvalue weighted by atomic mass is 9.85. The fourth-order valence-electron chi connectivity index (χ4n) is 4.71. The van der Waals surface area contributed by atoms with Crippen LogP contribution in [0.2, 0.25) is 0 Å². The van der Waals surface area contributed by atoms with Crippen LogP contribution >= 0.6 is 11.3 Å². The molecule has 0 aliphatic carbocycles. The maximum atomic E-state index is 12.8. The zero-order valence-electron chi connectivity index (χ0n) is 19.4. The second kappa shape index (κ2) is 8.36. The monoisotopic (exact) mass is 474 g/mol. The number of hydrogen-bond acceptors (Lipinski definition) is 5. The Morgan fingerprint density at radius 3 is 2.71 bits per heavy atom. The number of likely N-dealkylation sites (tertiary alicyclic amines) is 1. The van der Waals surface area contributed by atoms with E-state index in [2.05, 4.69) is 10.3 Å². The largest absolute Gasteiger partial charge is 0.338 e. The minimum atomic E-state index is -0.589. The summed E-state index contributed by atoms with van der Waals surface area (Å²) in [5.74, 6) is -0.527. The lowest BCUT2D eigenvalue weighted by Gasteiger charge is -2.16. The highest BCUT2D eigenvalue weighted by molar-refractivity contribution is 7.14. The smallest absolute Gasteiger partial charge is 0.236 e. The van der Waals surface area contributed by atoms with Crippen LogP contribution in [-0.2, 0) is 26.3 Å². The number of thiazole rings is 1. The number of carbonyl (C=O) groups excluding carboxylic acids is 3. The third-order valence-corrected chi connectivity index (χ3v) is 7.46. The normalized spacial score (nSPS) is 19.0. The highest BCUT2D eigenvalue weighted by Crippen LogP contribution is 2.42. The summed E-state index contributed by atoms with van der Waals surface area (Å²) in [7, 11) is 1.79. The Hall–Kier alpha value is -3.52. The average molecular weight is 475 g/mol. The van der Waals surface area contributed by atoms with E-state index in [4.69, 9.17) is 0 Å². The summed E-state index contributed by atoms with van der Waals surface area (Å²) in [6.45, 7) is 4.77. The van der Waals surface area contributed by atoms with Crippen LogP contribution in [0, 0.1) is 5.92 Å². The van der Waals surface area contributed by atoms with Crippen molar-refractivity contribution in [2.75, 3.05) is 23.8 Å². The third-order valence-electron chi connectivity index (χ3n) is 6.70. The fraction of sp³-hybridized carbons (Fsp3) is 0.308. The molecule has 2 aliphatic heterocycles. The van der Waals surface area contributed by atoms with Crippen LogP contribution in [0.15, 0.2) is 53.9 Å². The molecule has 3 amide bonds. The molecule has 1 saturated heterocycles. The van der Waals surface area contributed by atoms with Crippen molar-refractivity contribution in [1.29, 1.82) is 0 Å². The Morgan fingerprint density at radius 2 is 1.94 bits per heavy atom. The summed E-state index contributed by atoms with van der Waals surface area (Å²) in [5, 5.41) is 5.29. The van der Waals surface area contributed by atoms with Crippen LogP contribution in [0.4, 0.5) is 10.8 Å². The van der Waals surface area contributed by atoms with Crippen LogP contribution < -0.4 is 10.2 Å². The second-order valence-corrected chi connectivity index (χ2v) is 10.3. The highest BCUT2D eigenvalue weighted by atomic mass is 32.1. The molecule has 174 valence electrons. The van der Waals surface area contributed by atoms with E-state index in [0.717, 1.165) is 28.1 Å². The quantitative estimate of drug-likeness (QED) is 0.605. The van der Waals surface area contributed by atoms with Gasteiger partial charge >= 0.3 is 0 Å². The summed E-state index contributed by atoms with van der Waals surface area (Å²) >= 11 is 1.35. The number of anilines is 2. The number of nitrogens with one attached hydrogen (secondary N) is 1. The number of carbonyl (C=O) groups is 3. The Kier molecular flexibility index (Phi) is 5.48. The molecule has 5 rings (SSSR count). The van der Waals surface area contributed by atoms with Crippen molar-refractivity contribution in [3.63, 3.8) is 0 Å². The summed E-state index contributed by atoms with van der Waals surface area (Å²) in [4.78, 5) is 45.9. The molecule has 0 spiro atoms. The molecule has 0 radical (unpaired) electrons. The van der Waals surface area contributed by atoms with Gasteiger partial charge in [0.15, 0.2) is 5.13 Å². The number of likely N-dealkylation sites (N-methyl/N-ethyl adjacent to an activating group) is 1. The number of aromatic nitrogens is 1. The van der Waals surface area contributed by atoms with Gasteiger partial charge in [-0.1, -0.05) is 36.4 Å². The van der Waals surface area contributed by atoms with Gasteiger partial charge in [0, 0.05) is 43.2 Å². The highest BCUT2D eigenvalue weighted by Gasteiger charge is 2.42. The van der Waals surface area contributed by atoms with Gasteiger partial charge in [0.05, 0.1) is 17.0 Å². The first-order valence-electron chi connectivity index (χ1n) is 11.2. The summed E-state index contributed by atoms with van der Waals surface area (Å²) < 4.78 is 0. The van der Waals surface area contributed by atoms with Crippen molar-refractivity contribution < 1.29 is 14.4 Å². The Labute approximate surface area is 202 Å². The summed E-state index contributed by atoms with van der Waals surface area (Å²) in [5.41, 5.74) is 3.98. The predicted octanol–water partition coefficient (Wildman–Crippen LogP) is 4.05. The van der Waals surface area contributed by atoms with E-state index in [1.54, 1.807) is 16.8 Å². The topological polar surface area (TPSA) is 82.6 Å². The Balaban J connectivity index is 1.27. The lowest BCUT2D eigenvalue weighted by molar-refractivity contribution is -0.128. The minimum Gasteiger partial charge on any atom is -0.338 e. The molecule has 3 aromatic rings. The van der Waals surface area contributed by atoms with Gasteiger partial charge in [0.1, 0.15) is 0 Å². The van der Waals surface area contributed by atoms with Crippen molar-refractivity contribution in [2.45, 2.75) is 32.2 Å². The molecule has 1 unspecified atom stereocenters. The zero-order chi connectivity index (χ0) is 24.0. The maximum Gasteiger partial charge on any atom is 0.236 e. The van der Waals surface area contributed by atoms with Gasteiger partial charge in [0.2, 0.25) is 17.7 Å². The zero-order valence-corrected chi connectivity index (χ0v) is 20.2. The van der Waals surface area contributed by atoms with Crippen molar-refractivity contribution in [3.8, 4) is 11.3 Å². The molecule has 0 bridgehead atoms. The summed E-state index contributed by atoms with van der Waals surface area (Å²) in [6, 6.07) is 15.7. The van der Waals surface area contributed by atoms with E-state index in [9.17, 15) is 14.4 Å². The van der Waals surface area contributed by atoms with Crippen molar-refractivity contribution in [3.05, 3.63) is 65.0 Å². The fourth-order valence-corrected chi connectivity index (χ4v) is 5.43. The molecular formula is C26H26N4O3S. The van der Waals surface area contributed by atoms with Gasteiger partial charge in [-0.05, 0) is 37.1 Å². The van der Waals surface area contributed by atoms with Crippen molar-refractivity contribution in [2.24, 2.45) is 5.92 Å². The SMILES string of the molecule is CN1C(=O)C(C)(C)c2cc(-c3csc(NC(=O)C4CC(=O)N(Cc5ccccc5)C4)n3)ccc21. The van der Waals surface area contributed by atoms with Gasteiger partial charge in [-0.2, -0.15) is 0 Å². The molecule has 8 heteroatoms. The van der Waals surface area contributed by atoms with E-state index in [-0.39, 0.29) is 24.1 Å². The molecule has 1 fully saturated rings. The van der Waals surface area contributed by atoms with Crippen LogP contribution in [-0.4, -0.2) is 41.2 Å². The van der Waals surface area contributed by atoms with Crippen molar-refractivity contribution in [1.82, 2.24) is 9.88 Å². The molecule has 2 aromatic carbocycles. The first kappa shape index (κ1) is 22.3. The summed E-state index contributed by atoms with van der Waals surface area (Å²) in [6.07, 6.45) is 0.207. The van der Waals surface area contributed by atoms with Crippen LogP contribution in [0.3, 0.4) is 0 Å². The molecule has 34 heavy (non-hydrogen) atoms. The van der Waals surface area contributed by atoms with Crippen molar-refractivity contribution >= 4 is 39.9 Å². The van der Waals surface area contributed by atoms with E-state index in [1.807, 2.05) is 67.8 Å². The van der Waals surface area contributed by atoms with Gasteiger partial charge < -0.3 is 15.1 Å². The molecule has 7 nitrogen and oxygen atoms in total. The number of rotatable bonds is 5. The first-order valence-corrected chi connectivity index (χ1v) is 12.1. The number of benzene rings is 2. The van der Waals surface area contributed by atoms with Gasteiger partial charge in [0.25, 0.3) is 0 Å². The maximum absolute atomic E-state index is 12.8. The van der Waals surface area contributed by atoms with Gasteiger partial charge in [-0.15, -0.1) is 11.3 Å². The van der Waals surface area contributed by atoms with E-state index in [0.29, 0.717) is 18.2 Å². The molecule has 2 aliphatic rings. The average Bonchev–Trinajstić information content (AvgIpc) is 3.48. The van der Waals surface area contributed by atoms with Crippen LogP contribution in [0.25, 0.3) is 11.3 Å². The molecular weight excluding hydrogens is 448 g/mol. The number of amides is 3. The van der Waals surface area contributed by atoms with E-state index >= 15 is 0 Å². The van der Waals surface area contributed by atoms with Gasteiger partial charge in [-0.3, -0.25) is 14.4 Å². The number of fused-ring (bicyclic) bond motifs is 1. The second-order valence-electron chi connectivity index (χ2n) is 9.41. The minimum absolute atomic E-state index is 0.0101. The van der Waals surface area contributed by atoms with E-state index < -0.39 is 11.3 Å². The lowest BCUT2D eigenvalue weighted by Crippen LogP contribution is -2.33.